The Morgan fingerprint density at radius 1 is 1.28 bits per heavy atom. The van der Waals surface area contributed by atoms with Gasteiger partial charge in [0.05, 0.1) is 10.0 Å². The van der Waals surface area contributed by atoms with Gasteiger partial charge in [0.15, 0.2) is 0 Å². The summed E-state index contributed by atoms with van der Waals surface area (Å²) in [6.45, 7) is 2.21. The van der Waals surface area contributed by atoms with Crippen molar-refractivity contribution in [2.75, 3.05) is 0 Å². The number of unbranched alkanes of at least 4 members (excludes halogenated alkanes) is 1. The molecule has 1 nitrogen and oxygen atoms in total. The molecule has 0 aromatic heterocycles. The highest BCUT2D eigenvalue weighted by Gasteiger charge is 2.43. The summed E-state index contributed by atoms with van der Waals surface area (Å²) in [6, 6.07) is 6.24. The van der Waals surface area contributed by atoms with Gasteiger partial charge < -0.3 is 5.73 Å². The number of rotatable bonds is 5. The summed E-state index contributed by atoms with van der Waals surface area (Å²) in [6.07, 6.45) is 7.11. The Hall–Kier alpha value is -0.240. The fourth-order valence-corrected chi connectivity index (χ4v) is 3.24. The standard InChI is InChI=1S/C15H21Cl2N/c1-2-3-5-14(18)15(8-4-9-15)11-6-7-12(16)13(17)10-11/h6-7,10,14H,2-5,8-9,18H2,1H3. The third kappa shape index (κ3) is 2.54. The Bertz CT molecular complexity index is 413. The van der Waals surface area contributed by atoms with Crippen molar-refractivity contribution in [2.45, 2.75) is 56.9 Å². The minimum atomic E-state index is 0.142. The van der Waals surface area contributed by atoms with Crippen LogP contribution in [0.5, 0.6) is 0 Å². The van der Waals surface area contributed by atoms with E-state index in [0.717, 1.165) is 6.42 Å². The van der Waals surface area contributed by atoms with Crippen LogP contribution in [0.25, 0.3) is 0 Å². The van der Waals surface area contributed by atoms with Gasteiger partial charge in [-0.05, 0) is 37.0 Å². The lowest BCUT2D eigenvalue weighted by Crippen LogP contribution is -2.50. The predicted octanol–water partition coefficient (Wildman–Crippen LogP) is 4.93. The number of hydrogen-bond donors (Lipinski definition) is 1. The SMILES string of the molecule is CCCCC(N)C1(c2ccc(Cl)c(Cl)c2)CCC1. The van der Waals surface area contributed by atoms with Crippen LogP contribution in [0.15, 0.2) is 18.2 Å². The van der Waals surface area contributed by atoms with Gasteiger partial charge in [0.25, 0.3) is 0 Å². The van der Waals surface area contributed by atoms with Crippen LogP contribution in [-0.2, 0) is 5.41 Å². The number of benzene rings is 1. The van der Waals surface area contributed by atoms with Crippen molar-refractivity contribution >= 4 is 23.2 Å². The second kappa shape index (κ2) is 5.81. The zero-order valence-corrected chi connectivity index (χ0v) is 12.4. The second-order valence-electron chi connectivity index (χ2n) is 5.39. The van der Waals surface area contributed by atoms with E-state index in [2.05, 4.69) is 13.0 Å². The highest BCUT2D eigenvalue weighted by atomic mass is 35.5. The zero-order chi connectivity index (χ0) is 13.2. The van der Waals surface area contributed by atoms with Crippen molar-refractivity contribution < 1.29 is 0 Å². The zero-order valence-electron chi connectivity index (χ0n) is 10.9. The van der Waals surface area contributed by atoms with Gasteiger partial charge in [-0.2, -0.15) is 0 Å². The van der Waals surface area contributed by atoms with E-state index in [-0.39, 0.29) is 11.5 Å². The molecule has 1 atom stereocenters. The molecule has 1 unspecified atom stereocenters. The van der Waals surface area contributed by atoms with Gasteiger partial charge in [0.2, 0.25) is 0 Å². The number of nitrogens with two attached hydrogens (primary N) is 1. The molecule has 0 bridgehead atoms. The van der Waals surface area contributed by atoms with E-state index in [1.165, 1.54) is 37.7 Å². The van der Waals surface area contributed by atoms with Gasteiger partial charge in [-0.3, -0.25) is 0 Å². The first kappa shape index (κ1) is 14.2. The molecule has 2 rings (SSSR count). The van der Waals surface area contributed by atoms with Gasteiger partial charge in [-0.1, -0.05) is 55.5 Å². The molecule has 0 amide bonds. The van der Waals surface area contributed by atoms with E-state index in [0.29, 0.717) is 10.0 Å². The Morgan fingerprint density at radius 3 is 2.50 bits per heavy atom. The lowest BCUT2D eigenvalue weighted by atomic mass is 9.59. The van der Waals surface area contributed by atoms with Gasteiger partial charge in [0, 0.05) is 11.5 Å². The molecule has 0 spiro atoms. The topological polar surface area (TPSA) is 26.0 Å². The van der Waals surface area contributed by atoms with E-state index >= 15 is 0 Å². The molecule has 0 heterocycles. The fourth-order valence-electron chi connectivity index (χ4n) is 2.94. The molecule has 2 N–H and O–H groups in total. The fraction of sp³-hybridized carbons (Fsp3) is 0.600. The molecule has 0 radical (unpaired) electrons. The molecule has 18 heavy (non-hydrogen) atoms. The van der Waals surface area contributed by atoms with Crippen LogP contribution >= 0.6 is 23.2 Å². The molecule has 3 heteroatoms. The lowest BCUT2D eigenvalue weighted by molar-refractivity contribution is 0.186. The van der Waals surface area contributed by atoms with Gasteiger partial charge in [0.1, 0.15) is 0 Å². The van der Waals surface area contributed by atoms with Crippen molar-refractivity contribution in [1.82, 2.24) is 0 Å². The Labute approximate surface area is 120 Å². The minimum absolute atomic E-state index is 0.142. The van der Waals surface area contributed by atoms with Crippen LogP contribution in [0, 0.1) is 0 Å². The molecular formula is C15H21Cl2N. The van der Waals surface area contributed by atoms with E-state index in [1.807, 2.05) is 12.1 Å². The summed E-state index contributed by atoms with van der Waals surface area (Å²) in [7, 11) is 0. The Morgan fingerprint density at radius 2 is 2.00 bits per heavy atom. The Balaban J connectivity index is 2.23. The maximum atomic E-state index is 6.44. The summed E-state index contributed by atoms with van der Waals surface area (Å²) in [5.74, 6) is 0. The van der Waals surface area contributed by atoms with Crippen LogP contribution in [0.3, 0.4) is 0 Å². The van der Waals surface area contributed by atoms with Crippen LogP contribution in [0.1, 0.15) is 51.0 Å². The largest absolute Gasteiger partial charge is 0.327 e. The molecule has 1 aromatic carbocycles. The van der Waals surface area contributed by atoms with Gasteiger partial charge in [-0.25, -0.2) is 0 Å². The molecular weight excluding hydrogens is 265 g/mol. The first-order valence-electron chi connectivity index (χ1n) is 6.81. The summed E-state index contributed by atoms with van der Waals surface area (Å²) in [5, 5.41) is 1.26. The smallest absolute Gasteiger partial charge is 0.0595 e. The third-order valence-corrected chi connectivity index (χ3v) is 5.06. The quantitative estimate of drug-likeness (QED) is 0.815. The van der Waals surface area contributed by atoms with Crippen LogP contribution < -0.4 is 5.73 Å². The maximum Gasteiger partial charge on any atom is 0.0595 e. The average Bonchev–Trinajstić information content (AvgIpc) is 2.29. The van der Waals surface area contributed by atoms with Gasteiger partial charge >= 0.3 is 0 Å². The average molecular weight is 286 g/mol. The maximum absolute atomic E-state index is 6.44. The van der Waals surface area contributed by atoms with E-state index in [4.69, 9.17) is 28.9 Å². The van der Waals surface area contributed by atoms with Crippen LogP contribution in [0.4, 0.5) is 0 Å². The molecule has 0 aliphatic heterocycles. The molecule has 1 aliphatic carbocycles. The van der Waals surface area contributed by atoms with E-state index in [1.54, 1.807) is 0 Å². The molecule has 1 fully saturated rings. The summed E-state index contributed by atoms with van der Waals surface area (Å²) in [4.78, 5) is 0. The molecule has 100 valence electrons. The highest BCUT2D eigenvalue weighted by Crippen LogP contribution is 2.48. The summed E-state index contributed by atoms with van der Waals surface area (Å²) >= 11 is 12.1. The monoisotopic (exact) mass is 285 g/mol. The number of hydrogen-bond acceptors (Lipinski definition) is 1. The molecule has 1 aliphatic rings. The van der Waals surface area contributed by atoms with Crippen molar-refractivity contribution in [3.63, 3.8) is 0 Å². The van der Waals surface area contributed by atoms with Crippen LogP contribution in [0.2, 0.25) is 10.0 Å². The van der Waals surface area contributed by atoms with Crippen molar-refractivity contribution in [3.8, 4) is 0 Å². The Kier molecular flexibility index (Phi) is 4.58. The lowest BCUT2D eigenvalue weighted by Gasteiger charge is -2.47. The first-order valence-corrected chi connectivity index (χ1v) is 7.57. The van der Waals surface area contributed by atoms with Gasteiger partial charge in [-0.15, -0.1) is 0 Å². The van der Waals surface area contributed by atoms with E-state index in [9.17, 15) is 0 Å². The summed E-state index contributed by atoms with van der Waals surface area (Å²) in [5.41, 5.74) is 7.86. The second-order valence-corrected chi connectivity index (χ2v) is 6.20. The molecule has 0 saturated heterocycles. The highest BCUT2D eigenvalue weighted by molar-refractivity contribution is 6.42. The number of halogens is 2. The molecule has 1 aromatic rings. The molecule has 1 saturated carbocycles. The van der Waals surface area contributed by atoms with Crippen LogP contribution in [-0.4, -0.2) is 6.04 Å². The predicted molar refractivity (Wildman–Crippen MR) is 79.5 cm³/mol. The third-order valence-electron chi connectivity index (χ3n) is 4.32. The first-order chi connectivity index (χ1) is 8.60. The minimum Gasteiger partial charge on any atom is -0.327 e. The van der Waals surface area contributed by atoms with Crippen molar-refractivity contribution in [2.24, 2.45) is 5.73 Å². The van der Waals surface area contributed by atoms with E-state index < -0.39 is 0 Å². The normalized spacial score (nSPS) is 19.3. The van der Waals surface area contributed by atoms with Crippen molar-refractivity contribution in [1.29, 1.82) is 0 Å². The summed E-state index contributed by atoms with van der Waals surface area (Å²) < 4.78 is 0. The van der Waals surface area contributed by atoms with Crippen molar-refractivity contribution in [3.05, 3.63) is 33.8 Å².